The van der Waals surface area contributed by atoms with Crippen molar-refractivity contribution in [3.05, 3.63) is 51.1 Å². The van der Waals surface area contributed by atoms with Crippen LogP contribution < -0.4 is 4.90 Å². The van der Waals surface area contributed by atoms with E-state index in [1.165, 1.54) is 0 Å². The second-order valence-corrected chi connectivity index (χ2v) is 7.54. The van der Waals surface area contributed by atoms with Crippen molar-refractivity contribution in [3.63, 3.8) is 0 Å². The van der Waals surface area contributed by atoms with E-state index in [4.69, 9.17) is 11.6 Å². The number of nitro groups is 1. The van der Waals surface area contributed by atoms with E-state index in [0.29, 0.717) is 23.1 Å². The normalized spacial score (nSPS) is 15.9. The fourth-order valence-corrected chi connectivity index (χ4v) is 4.03. The van der Waals surface area contributed by atoms with E-state index >= 15 is 0 Å². The van der Waals surface area contributed by atoms with Crippen LogP contribution in [0.15, 0.2) is 24.5 Å². The smallest absolute Gasteiger partial charge is 0.333 e. The summed E-state index contributed by atoms with van der Waals surface area (Å²) in [4.78, 5) is 20.2. The summed E-state index contributed by atoms with van der Waals surface area (Å²) in [5.74, 6) is 0.590. The Morgan fingerprint density at radius 3 is 2.82 bits per heavy atom. The second-order valence-electron chi connectivity index (χ2n) is 7.10. The van der Waals surface area contributed by atoms with E-state index in [9.17, 15) is 10.1 Å². The SMILES string of the molecule is Cc1nn(C)c(N2CCCN(Cc3cn4cc(Cl)ccc4n3)CC2)c1[N+](=O)[O-]. The van der Waals surface area contributed by atoms with Crippen LogP contribution in [-0.2, 0) is 13.6 Å². The molecule has 4 rings (SSSR count). The van der Waals surface area contributed by atoms with Crippen LogP contribution >= 0.6 is 11.6 Å². The number of rotatable bonds is 4. The predicted octanol–water partition coefficient (Wildman–Crippen LogP) is 2.65. The Labute approximate surface area is 167 Å². The van der Waals surface area contributed by atoms with E-state index in [2.05, 4.69) is 19.9 Å². The molecule has 1 aliphatic heterocycles. The minimum absolute atomic E-state index is 0.105. The second kappa shape index (κ2) is 7.40. The van der Waals surface area contributed by atoms with Crippen molar-refractivity contribution in [3.8, 4) is 0 Å². The van der Waals surface area contributed by atoms with Gasteiger partial charge in [-0.3, -0.25) is 15.0 Å². The zero-order valence-electron chi connectivity index (χ0n) is 15.9. The molecule has 1 fully saturated rings. The van der Waals surface area contributed by atoms with Crippen LogP contribution in [0.4, 0.5) is 11.5 Å². The monoisotopic (exact) mass is 403 g/mol. The number of hydrogen-bond acceptors (Lipinski definition) is 6. The minimum atomic E-state index is -0.331. The molecule has 1 saturated heterocycles. The molecule has 0 bridgehead atoms. The van der Waals surface area contributed by atoms with E-state index in [1.54, 1.807) is 18.7 Å². The predicted molar refractivity (Wildman–Crippen MR) is 107 cm³/mol. The molecule has 0 aliphatic carbocycles. The molecule has 148 valence electrons. The average molecular weight is 404 g/mol. The van der Waals surface area contributed by atoms with Crippen LogP contribution in [-0.4, -0.2) is 55.2 Å². The number of halogens is 1. The van der Waals surface area contributed by atoms with Gasteiger partial charge in [0.15, 0.2) is 0 Å². The first-order valence-corrected chi connectivity index (χ1v) is 9.58. The Morgan fingerprint density at radius 1 is 1.21 bits per heavy atom. The lowest BCUT2D eigenvalue weighted by Crippen LogP contribution is -2.32. The first kappa shape index (κ1) is 18.7. The number of pyridine rings is 1. The van der Waals surface area contributed by atoms with Gasteiger partial charge in [-0.15, -0.1) is 0 Å². The first-order chi connectivity index (χ1) is 13.4. The quantitative estimate of drug-likeness (QED) is 0.491. The van der Waals surface area contributed by atoms with Crippen molar-refractivity contribution in [1.29, 1.82) is 0 Å². The number of fused-ring (bicyclic) bond motifs is 1. The highest BCUT2D eigenvalue weighted by Gasteiger charge is 2.29. The van der Waals surface area contributed by atoms with Gasteiger partial charge < -0.3 is 9.30 Å². The summed E-state index contributed by atoms with van der Waals surface area (Å²) in [6.07, 6.45) is 4.77. The maximum absolute atomic E-state index is 11.5. The largest absolute Gasteiger partial charge is 0.350 e. The third-order valence-electron chi connectivity index (χ3n) is 5.08. The number of anilines is 1. The van der Waals surface area contributed by atoms with Gasteiger partial charge in [-0.2, -0.15) is 5.10 Å². The third kappa shape index (κ3) is 3.55. The molecule has 0 unspecified atom stereocenters. The molecule has 3 aromatic rings. The van der Waals surface area contributed by atoms with Crippen LogP contribution in [0.25, 0.3) is 5.65 Å². The Kier molecular flexibility index (Phi) is 4.94. The van der Waals surface area contributed by atoms with Gasteiger partial charge in [0.05, 0.1) is 15.6 Å². The van der Waals surface area contributed by atoms with Crippen molar-refractivity contribution in [2.75, 3.05) is 31.1 Å². The first-order valence-electron chi connectivity index (χ1n) is 9.21. The Balaban J connectivity index is 1.49. The zero-order valence-corrected chi connectivity index (χ0v) is 16.6. The van der Waals surface area contributed by atoms with Crippen molar-refractivity contribution in [2.45, 2.75) is 19.9 Å². The van der Waals surface area contributed by atoms with Gasteiger partial charge in [-0.05, 0) is 25.5 Å². The highest BCUT2D eigenvalue weighted by Crippen LogP contribution is 2.31. The Morgan fingerprint density at radius 2 is 2.04 bits per heavy atom. The lowest BCUT2D eigenvalue weighted by atomic mass is 10.3. The summed E-state index contributed by atoms with van der Waals surface area (Å²) in [7, 11) is 1.76. The summed E-state index contributed by atoms with van der Waals surface area (Å²) >= 11 is 6.05. The third-order valence-corrected chi connectivity index (χ3v) is 5.31. The van der Waals surface area contributed by atoms with E-state index in [1.807, 2.05) is 28.9 Å². The summed E-state index contributed by atoms with van der Waals surface area (Å²) in [5.41, 5.74) is 2.41. The fraction of sp³-hybridized carbons (Fsp3) is 0.444. The minimum Gasteiger partial charge on any atom is -0.350 e. The molecule has 0 spiro atoms. The summed E-state index contributed by atoms with van der Waals surface area (Å²) < 4.78 is 3.55. The van der Waals surface area contributed by atoms with Crippen molar-refractivity contribution in [1.82, 2.24) is 24.1 Å². The summed E-state index contributed by atoms with van der Waals surface area (Å²) in [5, 5.41) is 16.4. The van der Waals surface area contributed by atoms with Crippen LogP contribution in [0.1, 0.15) is 17.8 Å². The van der Waals surface area contributed by atoms with E-state index < -0.39 is 0 Å². The van der Waals surface area contributed by atoms with Crippen molar-refractivity contribution < 1.29 is 4.92 Å². The molecule has 0 N–H and O–H groups in total. The molecule has 3 aromatic heterocycles. The van der Waals surface area contributed by atoms with Crippen molar-refractivity contribution in [2.24, 2.45) is 7.05 Å². The topological polar surface area (TPSA) is 84.7 Å². The number of aromatic nitrogens is 4. The van der Waals surface area contributed by atoms with Gasteiger partial charge in [0, 0.05) is 52.2 Å². The molecule has 9 nitrogen and oxygen atoms in total. The lowest BCUT2D eigenvalue weighted by molar-refractivity contribution is -0.384. The Bertz CT molecular complexity index is 1030. The lowest BCUT2D eigenvalue weighted by Gasteiger charge is -2.22. The molecule has 0 amide bonds. The number of hydrogen-bond donors (Lipinski definition) is 0. The van der Waals surface area contributed by atoms with Gasteiger partial charge >= 0.3 is 5.69 Å². The highest BCUT2D eigenvalue weighted by molar-refractivity contribution is 6.30. The fourth-order valence-electron chi connectivity index (χ4n) is 3.87. The van der Waals surface area contributed by atoms with Crippen LogP contribution in [0.5, 0.6) is 0 Å². The highest BCUT2D eigenvalue weighted by atomic mass is 35.5. The van der Waals surface area contributed by atoms with Gasteiger partial charge in [-0.1, -0.05) is 11.6 Å². The zero-order chi connectivity index (χ0) is 19.8. The molecule has 4 heterocycles. The maximum Gasteiger partial charge on any atom is 0.333 e. The summed E-state index contributed by atoms with van der Waals surface area (Å²) in [6.45, 7) is 5.60. The van der Waals surface area contributed by atoms with Gasteiger partial charge in [-0.25, -0.2) is 9.67 Å². The summed E-state index contributed by atoms with van der Waals surface area (Å²) in [6, 6.07) is 3.74. The van der Waals surface area contributed by atoms with Gasteiger partial charge in [0.1, 0.15) is 11.3 Å². The molecule has 0 atom stereocenters. The van der Waals surface area contributed by atoms with E-state index in [-0.39, 0.29) is 10.6 Å². The van der Waals surface area contributed by atoms with E-state index in [0.717, 1.165) is 43.9 Å². The molecule has 0 saturated carbocycles. The Hall–Kier alpha value is -2.65. The average Bonchev–Trinajstić information content (AvgIpc) is 3.06. The molecule has 1 aliphatic rings. The van der Waals surface area contributed by atoms with Crippen LogP contribution in [0.3, 0.4) is 0 Å². The maximum atomic E-state index is 11.5. The molecule has 0 aromatic carbocycles. The van der Waals surface area contributed by atoms with Crippen molar-refractivity contribution >= 4 is 28.8 Å². The number of aryl methyl sites for hydroxylation is 2. The van der Waals surface area contributed by atoms with Gasteiger partial charge in [0.25, 0.3) is 0 Å². The molecular weight excluding hydrogens is 382 g/mol. The molecule has 0 radical (unpaired) electrons. The number of imidazole rings is 1. The molecule has 10 heteroatoms. The molecular formula is C18H22ClN7O2. The standard InChI is InChI=1S/C18H22ClN7O2/c1-13-17(26(27)28)18(22(2)21-13)24-7-3-6-23(8-9-24)11-15-12-25-10-14(19)4-5-16(25)20-15/h4-5,10,12H,3,6-9,11H2,1-2H3. The number of nitrogens with zero attached hydrogens (tertiary/aromatic N) is 7. The van der Waals surface area contributed by atoms with Crippen LogP contribution in [0.2, 0.25) is 5.02 Å². The van der Waals surface area contributed by atoms with Gasteiger partial charge in [0.2, 0.25) is 5.82 Å². The van der Waals surface area contributed by atoms with Crippen LogP contribution in [0, 0.1) is 17.0 Å². The molecule has 28 heavy (non-hydrogen) atoms.